The number of aliphatic hydroxyl groups excluding tert-OH is 1. The maximum absolute atomic E-state index is 12.2. The van der Waals surface area contributed by atoms with Crippen molar-refractivity contribution in [1.82, 2.24) is 5.32 Å². The Morgan fingerprint density at radius 1 is 1.33 bits per heavy atom. The van der Waals surface area contributed by atoms with Crippen molar-refractivity contribution in [2.24, 2.45) is 0 Å². The third-order valence-corrected chi connectivity index (χ3v) is 4.93. The number of aryl methyl sites for hydroxylation is 2. The predicted molar refractivity (Wildman–Crippen MR) is 80.6 cm³/mol. The van der Waals surface area contributed by atoms with Crippen LogP contribution in [0, 0.1) is 0 Å². The van der Waals surface area contributed by atoms with Crippen molar-refractivity contribution < 1.29 is 19.4 Å². The van der Waals surface area contributed by atoms with Crippen molar-refractivity contribution in [3.05, 3.63) is 21.4 Å². The first-order valence-corrected chi connectivity index (χ1v) is 8.08. The molecule has 0 aromatic carbocycles. The van der Waals surface area contributed by atoms with E-state index in [2.05, 4.69) is 10.1 Å². The molecule has 2 N–H and O–H groups in total. The van der Waals surface area contributed by atoms with Gasteiger partial charge in [-0.25, -0.2) is 4.79 Å². The number of rotatable bonds is 4. The minimum atomic E-state index is -1.01. The number of methoxy groups -OCH3 is 1. The van der Waals surface area contributed by atoms with E-state index < -0.39 is 18.6 Å². The second kappa shape index (κ2) is 7.56. The molecule has 0 spiro atoms. The Morgan fingerprint density at radius 2 is 2.05 bits per heavy atom. The maximum Gasteiger partial charge on any atom is 0.330 e. The Hall–Kier alpha value is -1.40. The van der Waals surface area contributed by atoms with Crippen LogP contribution in [0.1, 0.15) is 45.8 Å². The molecule has 0 bridgehead atoms. The molecule has 1 atom stereocenters. The zero-order chi connectivity index (χ0) is 15.2. The summed E-state index contributed by atoms with van der Waals surface area (Å²) in [5.41, 5.74) is 1.25. The summed E-state index contributed by atoms with van der Waals surface area (Å²) in [5.74, 6) is -0.961. The van der Waals surface area contributed by atoms with Gasteiger partial charge in [-0.05, 0) is 37.3 Å². The molecule has 0 unspecified atom stereocenters. The van der Waals surface area contributed by atoms with E-state index in [9.17, 15) is 9.59 Å². The molecule has 1 aromatic heterocycles. The fourth-order valence-electron chi connectivity index (χ4n) is 2.51. The van der Waals surface area contributed by atoms with Gasteiger partial charge in [0.25, 0.3) is 5.91 Å². The average molecular weight is 311 g/mol. The van der Waals surface area contributed by atoms with Gasteiger partial charge in [0, 0.05) is 4.88 Å². The summed E-state index contributed by atoms with van der Waals surface area (Å²) >= 11 is 1.49. The Morgan fingerprint density at radius 3 is 2.71 bits per heavy atom. The Bertz CT molecular complexity index is 486. The number of carbonyl (C=O) groups is 2. The SMILES string of the molecule is COC(=O)[C@@H](CO)NC(=O)c1cc2c(s1)CCCCCC2. The van der Waals surface area contributed by atoms with Crippen LogP contribution in [0.5, 0.6) is 0 Å². The van der Waals surface area contributed by atoms with E-state index in [1.807, 2.05) is 6.07 Å². The highest BCUT2D eigenvalue weighted by Crippen LogP contribution is 2.28. The summed E-state index contributed by atoms with van der Waals surface area (Å²) in [6, 6.07) is 0.916. The summed E-state index contributed by atoms with van der Waals surface area (Å²) in [4.78, 5) is 25.5. The molecular formula is C15H21NO4S. The number of ether oxygens (including phenoxy) is 1. The van der Waals surface area contributed by atoms with Crippen molar-refractivity contribution in [2.75, 3.05) is 13.7 Å². The highest BCUT2D eigenvalue weighted by molar-refractivity contribution is 7.14. The molecule has 1 aliphatic carbocycles. The number of hydrogen-bond acceptors (Lipinski definition) is 5. The summed E-state index contributed by atoms with van der Waals surface area (Å²) in [7, 11) is 1.23. The summed E-state index contributed by atoms with van der Waals surface area (Å²) < 4.78 is 4.54. The molecule has 0 fully saturated rings. The number of esters is 1. The van der Waals surface area contributed by atoms with Crippen molar-refractivity contribution >= 4 is 23.2 Å². The summed E-state index contributed by atoms with van der Waals surface area (Å²) in [6.45, 7) is -0.469. The van der Waals surface area contributed by atoms with Gasteiger partial charge >= 0.3 is 5.97 Å². The van der Waals surface area contributed by atoms with Gasteiger partial charge in [-0.1, -0.05) is 12.8 Å². The molecule has 0 saturated heterocycles. The minimum absolute atomic E-state index is 0.323. The lowest BCUT2D eigenvalue weighted by molar-refractivity contribution is -0.143. The molecule has 0 radical (unpaired) electrons. The molecule has 0 saturated carbocycles. The van der Waals surface area contributed by atoms with Crippen molar-refractivity contribution in [3.8, 4) is 0 Å². The quantitative estimate of drug-likeness (QED) is 0.830. The van der Waals surface area contributed by atoms with Crippen LogP contribution < -0.4 is 5.32 Å². The zero-order valence-electron chi connectivity index (χ0n) is 12.2. The fourth-order valence-corrected chi connectivity index (χ4v) is 3.66. The van der Waals surface area contributed by atoms with Gasteiger partial charge in [0.15, 0.2) is 6.04 Å². The zero-order valence-corrected chi connectivity index (χ0v) is 13.0. The smallest absolute Gasteiger partial charge is 0.330 e. The number of carbonyl (C=O) groups excluding carboxylic acids is 2. The van der Waals surface area contributed by atoms with E-state index in [1.165, 1.54) is 41.7 Å². The highest BCUT2D eigenvalue weighted by Gasteiger charge is 2.23. The Labute approximate surface area is 128 Å². The van der Waals surface area contributed by atoms with E-state index in [0.717, 1.165) is 25.7 Å². The first-order chi connectivity index (χ1) is 10.2. The van der Waals surface area contributed by atoms with E-state index >= 15 is 0 Å². The van der Waals surface area contributed by atoms with E-state index in [4.69, 9.17) is 5.11 Å². The Balaban J connectivity index is 2.08. The third-order valence-electron chi connectivity index (χ3n) is 3.69. The predicted octanol–water partition coefficient (Wildman–Crippen LogP) is 1.67. The lowest BCUT2D eigenvalue weighted by atomic mass is 10.00. The molecule has 1 aromatic rings. The van der Waals surface area contributed by atoms with Gasteiger partial charge in [-0.3, -0.25) is 4.79 Å². The molecule has 21 heavy (non-hydrogen) atoms. The van der Waals surface area contributed by atoms with Gasteiger partial charge in [-0.15, -0.1) is 11.3 Å². The van der Waals surface area contributed by atoms with Crippen LogP contribution in [0.2, 0.25) is 0 Å². The van der Waals surface area contributed by atoms with Crippen LogP contribution in [0.25, 0.3) is 0 Å². The van der Waals surface area contributed by atoms with Gasteiger partial charge < -0.3 is 15.2 Å². The van der Waals surface area contributed by atoms with Gasteiger partial charge in [0.05, 0.1) is 18.6 Å². The number of aliphatic hydroxyl groups is 1. The lowest BCUT2D eigenvalue weighted by Crippen LogP contribution is -2.43. The van der Waals surface area contributed by atoms with E-state index in [-0.39, 0.29) is 5.91 Å². The third kappa shape index (κ3) is 4.04. The number of fused-ring (bicyclic) bond motifs is 1. The molecule has 2 rings (SSSR count). The fraction of sp³-hybridized carbons (Fsp3) is 0.600. The first-order valence-electron chi connectivity index (χ1n) is 7.27. The monoisotopic (exact) mass is 311 g/mol. The maximum atomic E-state index is 12.2. The highest BCUT2D eigenvalue weighted by atomic mass is 32.1. The largest absolute Gasteiger partial charge is 0.467 e. The van der Waals surface area contributed by atoms with Gasteiger partial charge in [-0.2, -0.15) is 0 Å². The van der Waals surface area contributed by atoms with Crippen LogP contribution in [-0.2, 0) is 22.4 Å². The van der Waals surface area contributed by atoms with Crippen LogP contribution in [0.3, 0.4) is 0 Å². The van der Waals surface area contributed by atoms with Gasteiger partial charge in [0.1, 0.15) is 0 Å². The number of thiophene rings is 1. The Kier molecular flexibility index (Phi) is 5.76. The molecule has 1 amide bonds. The van der Waals surface area contributed by atoms with Crippen LogP contribution in [0.15, 0.2) is 6.07 Å². The van der Waals surface area contributed by atoms with Crippen LogP contribution in [-0.4, -0.2) is 36.7 Å². The molecule has 116 valence electrons. The first kappa shape index (κ1) is 16.0. The van der Waals surface area contributed by atoms with Crippen LogP contribution >= 0.6 is 11.3 Å². The number of amides is 1. The van der Waals surface area contributed by atoms with Gasteiger partial charge in [0.2, 0.25) is 0 Å². The topological polar surface area (TPSA) is 75.6 Å². The molecule has 0 aliphatic heterocycles. The molecule has 5 nitrogen and oxygen atoms in total. The minimum Gasteiger partial charge on any atom is -0.467 e. The second-order valence-corrected chi connectivity index (χ2v) is 6.34. The molecular weight excluding hydrogens is 290 g/mol. The molecule has 6 heteroatoms. The van der Waals surface area contributed by atoms with E-state index in [1.54, 1.807) is 0 Å². The summed E-state index contributed by atoms with van der Waals surface area (Å²) in [6.07, 6.45) is 6.84. The van der Waals surface area contributed by atoms with Crippen molar-refractivity contribution in [1.29, 1.82) is 0 Å². The number of nitrogens with one attached hydrogen (secondary N) is 1. The standard InChI is InChI=1S/C15H21NO4S/c1-20-15(19)11(9-17)16-14(18)13-8-10-6-4-2-3-5-7-12(10)21-13/h8,11,17H,2-7,9H2,1H3,(H,16,18)/t11-/m1/s1. The second-order valence-electron chi connectivity index (χ2n) is 5.21. The average Bonchev–Trinajstić information content (AvgIpc) is 2.86. The van der Waals surface area contributed by atoms with E-state index in [0.29, 0.717) is 4.88 Å². The number of hydrogen-bond donors (Lipinski definition) is 2. The summed E-state index contributed by atoms with van der Waals surface area (Å²) in [5, 5.41) is 11.7. The van der Waals surface area contributed by atoms with Crippen LogP contribution in [0.4, 0.5) is 0 Å². The molecule has 1 aliphatic rings. The normalized spacial score (nSPS) is 16.3. The molecule has 1 heterocycles. The van der Waals surface area contributed by atoms with Crippen molar-refractivity contribution in [3.63, 3.8) is 0 Å². The van der Waals surface area contributed by atoms with Crippen molar-refractivity contribution in [2.45, 2.75) is 44.6 Å². The lowest BCUT2D eigenvalue weighted by Gasteiger charge is -2.12.